The second kappa shape index (κ2) is 4.90. The number of phenolic OH excluding ortho intramolecular Hbond substituents is 1. The lowest BCUT2D eigenvalue weighted by molar-refractivity contribution is -0.108. The lowest BCUT2D eigenvalue weighted by atomic mass is 10.1. The lowest BCUT2D eigenvalue weighted by Gasteiger charge is -2.18. The number of aromatic nitrogens is 1. The smallest absolute Gasteiger partial charge is 0.302 e. The van der Waals surface area contributed by atoms with Crippen LogP contribution in [0.5, 0.6) is 5.75 Å². The predicted molar refractivity (Wildman–Crippen MR) is 77.1 cm³/mol. The van der Waals surface area contributed by atoms with Crippen LogP contribution in [0.3, 0.4) is 0 Å². The van der Waals surface area contributed by atoms with Crippen molar-refractivity contribution >= 4 is 22.2 Å². The number of aromatic amines is 1. The Labute approximate surface area is 121 Å². The van der Waals surface area contributed by atoms with E-state index in [1.807, 2.05) is 6.07 Å². The number of rotatable bonds is 3. The number of hydrogen-bond donors (Lipinski definition) is 3. The first kappa shape index (κ1) is 13.7. The molecule has 1 aromatic heterocycles. The van der Waals surface area contributed by atoms with Crippen LogP contribution in [0.25, 0.3) is 11.1 Å². The van der Waals surface area contributed by atoms with Gasteiger partial charge in [0, 0.05) is 12.4 Å². The topological polar surface area (TPSA) is 102 Å². The first-order chi connectivity index (χ1) is 10.0. The van der Waals surface area contributed by atoms with Crippen LogP contribution < -0.4 is 9.03 Å². The Bertz CT molecular complexity index is 771. The van der Waals surface area contributed by atoms with E-state index in [4.69, 9.17) is 0 Å². The molecule has 3 rings (SSSR count). The van der Waals surface area contributed by atoms with Gasteiger partial charge in [-0.2, -0.15) is 13.1 Å². The van der Waals surface area contributed by atoms with Gasteiger partial charge in [-0.15, -0.1) is 0 Å². The summed E-state index contributed by atoms with van der Waals surface area (Å²) in [5.41, 5.74) is 1.77. The minimum atomic E-state index is -3.83. The summed E-state index contributed by atoms with van der Waals surface area (Å²) in [4.78, 5) is 13.7. The molecule has 110 valence electrons. The van der Waals surface area contributed by atoms with E-state index in [0.717, 1.165) is 15.4 Å². The van der Waals surface area contributed by atoms with Crippen molar-refractivity contribution in [3.05, 3.63) is 36.7 Å². The van der Waals surface area contributed by atoms with Crippen LogP contribution >= 0.6 is 0 Å². The van der Waals surface area contributed by atoms with E-state index in [0.29, 0.717) is 6.29 Å². The number of H-pyrrole nitrogens is 1. The first-order valence-electron chi connectivity index (χ1n) is 6.23. The van der Waals surface area contributed by atoms with E-state index in [-0.39, 0.29) is 18.0 Å². The third kappa shape index (κ3) is 2.39. The second-order valence-corrected chi connectivity index (χ2v) is 6.33. The van der Waals surface area contributed by atoms with Crippen molar-refractivity contribution in [2.24, 2.45) is 0 Å². The number of phenols is 1. The highest BCUT2D eigenvalue weighted by Crippen LogP contribution is 2.35. The van der Waals surface area contributed by atoms with Crippen LogP contribution in [0.15, 0.2) is 36.7 Å². The Morgan fingerprint density at radius 2 is 2.10 bits per heavy atom. The lowest BCUT2D eigenvalue weighted by Crippen LogP contribution is -2.30. The molecule has 1 atom stereocenters. The molecule has 1 aliphatic rings. The third-order valence-corrected chi connectivity index (χ3v) is 4.82. The number of aldehydes is 1. The van der Waals surface area contributed by atoms with Crippen molar-refractivity contribution in [1.82, 2.24) is 9.71 Å². The first-order valence-corrected chi connectivity index (χ1v) is 7.67. The number of hydrogen-bond acceptors (Lipinski definition) is 4. The van der Waals surface area contributed by atoms with Crippen LogP contribution in [0.1, 0.15) is 0 Å². The highest BCUT2D eigenvalue weighted by Gasteiger charge is 2.36. The molecule has 1 saturated heterocycles. The fraction of sp³-hybridized carbons (Fsp3) is 0.154. The molecular weight excluding hydrogens is 294 g/mol. The molecule has 3 N–H and O–H groups in total. The maximum absolute atomic E-state index is 12.0. The average molecular weight is 307 g/mol. The van der Waals surface area contributed by atoms with Gasteiger partial charge in [-0.05, 0) is 29.3 Å². The molecule has 1 fully saturated rings. The summed E-state index contributed by atoms with van der Waals surface area (Å²) in [6.45, 7) is -0.0457. The number of benzene rings is 1. The van der Waals surface area contributed by atoms with Gasteiger partial charge in [0.1, 0.15) is 12.0 Å². The number of nitrogens with one attached hydrogen (secondary N) is 2. The van der Waals surface area contributed by atoms with Gasteiger partial charge in [-0.3, -0.25) is 4.31 Å². The van der Waals surface area contributed by atoms with E-state index >= 15 is 0 Å². The van der Waals surface area contributed by atoms with Crippen molar-refractivity contribution in [3.8, 4) is 16.9 Å². The zero-order chi connectivity index (χ0) is 15.0. The maximum Gasteiger partial charge on any atom is 0.302 e. The van der Waals surface area contributed by atoms with Crippen molar-refractivity contribution in [2.45, 2.75) is 6.04 Å². The molecule has 0 radical (unpaired) electrons. The van der Waals surface area contributed by atoms with Gasteiger partial charge in [0.2, 0.25) is 0 Å². The molecule has 0 spiro atoms. The largest absolute Gasteiger partial charge is 0.506 e. The summed E-state index contributed by atoms with van der Waals surface area (Å²) in [6, 6.07) is 5.72. The number of nitrogens with zero attached hydrogens (tertiary/aromatic N) is 1. The van der Waals surface area contributed by atoms with Crippen LogP contribution in [-0.4, -0.2) is 37.4 Å². The Balaban J connectivity index is 2.06. The summed E-state index contributed by atoms with van der Waals surface area (Å²) in [5, 5.41) is 9.95. The second-order valence-electron chi connectivity index (χ2n) is 4.70. The number of carbonyl (C=O) groups is 1. The minimum absolute atomic E-state index is 0.0457. The minimum Gasteiger partial charge on any atom is -0.506 e. The Morgan fingerprint density at radius 1 is 1.29 bits per heavy atom. The van der Waals surface area contributed by atoms with Gasteiger partial charge in [0.15, 0.2) is 0 Å². The van der Waals surface area contributed by atoms with Gasteiger partial charge in [-0.1, -0.05) is 6.07 Å². The molecule has 21 heavy (non-hydrogen) atoms. The SMILES string of the molecule is O=CC1CN(c2cc(-c3cc[nH]c3)ccc2O)S(=O)(=O)N1. The number of anilines is 1. The van der Waals surface area contributed by atoms with E-state index in [1.165, 1.54) is 6.07 Å². The molecular formula is C13H13N3O4S. The molecule has 1 aliphatic heterocycles. The van der Waals surface area contributed by atoms with Crippen LogP contribution in [0.4, 0.5) is 5.69 Å². The van der Waals surface area contributed by atoms with Crippen LogP contribution in [0.2, 0.25) is 0 Å². The van der Waals surface area contributed by atoms with E-state index in [9.17, 15) is 18.3 Å². The summed E-state index contributed by atoms with van der Waals surface area (Å²) in [6.07, 6.45) is 4.05. The van der Waals surface area contributed by atoms with E-state index < -0.39 is 16.3 Å². The van der Waals surface area contributed by atoms with Gasteiger partial charge in [0.05, 0.1) is 18.3 Å². The van der Waals surface area contributed by atoms with Crippen molar-refractivity contribution < 1.29 is 18.3 Å². The number of aromatic hydroxyl groups is 1. The Hall–Kier alpha value is -2.32. The quantitative estimate of drug-likeness (QED) is 0.723. The highest BCUT2D eigenvalue weighted by atomic mass is 32.2. The van der Waals surface area contributed by atoms with Crippen LogP contribution in [-0.2, 0) is 15.0 Å². The normalized spacial score (nSPS) is 20.6. The molecule has 0 bridgehead atoms. The van der Waals surface area contributed by atoms with E-state index in [1.54, 1.807) is 24.5 Å². The fourth-order valence-electron chi connectivity index (χ4n) is 2.27. The number of carbonyl (C=O) groups excluding carboxylic acids is 1. The van der Waals surface area contributed by atoms with Gasteiger partial charge in [0.25, 0.3) is 0 Å². The van der Waals surface area contributed by atoms with Crippen molar-refractivity contribution in [3.63, 3.8) is 0 Å². The standard InChI is InChI=1S/C13H13N3O4S/c17-8-11-7-16(21(19,20)15-11)12-5-9(1-2-13(12)18)10-3-4-14-6-10/h1-6,8,11,14-15,18H,7H2. The summed E-state index contributed by atoms with van der Waals surface area (Å²) < 4.78 is 27.3. The van der Waals surface area contributed by atoms with Crippen LogP contribution in [0, 0.1) is 0 Å². The molecule has 1 aromatic carbocycles. The van der Waals surface area contributed by atoms with Gasteiger partial charge in [-0.25, -0.2) is 0 Å². The van der Waals surface area contributed by atoms with Gasteiger partial charge < -0.3 is 14.9 Å². The zero-order valence-corrected chi connectivity index (χ0v) is 11.7. The Kier molecular flexibility index (Phi) is 3.19. The molecule has 7 nitrogen and oxygen atoms in total. The maximum atomic E-state index is 12.0. The predicted octanol–water partition coefficient (Wildman–Crippen LogP) is 0.609. The third-order valence-electron chi connectivity index (χ3n) is 3.29. The monoisotopic (exact) mass is 307 g/mol. The summed E-state index contributed by atoms with van der Waals surface area (Å²) in [7, 11) is -3.83. The molecule has 0 aliphatic carbocycles. The highest BCUT2D eigenvalue weighted by molar-refractivity contribution is 7.91. The summed E-state index contributed by atoms with van der Waals surface area (Å²) in [5.74, 6) is -0.161. The molecule has 2 heterocycles. The average Bonchev–Trinajstić information content (AvgIpc) is 3.07. The van der Waals surface area contributed by atoms with Crippen molar-refractivity contribution in [1.29, 1.82) is 0 Å². The molecule has 2 aromatic rings. The molecule has 0 saturated carbocycles. The van der Waals surface area contributed by atoms with Crippen molar-refractivity contribution in [2.75, 3.05) is 10.8 Å². The zero-order valence-electron chi connectivity index (χ0n) is 10.9. The van der Waals surface area contributed by atoms with E-state index in [2.05, 4.69) is 9.71 Å². The molecule has 1 unspecified atom stereocenters. The summed E-state index contributed by atoms with van der Waals surface area (Å²) >= 11 is 0. The molecule has 0 amide bonds. The molecule has 8 heteroatoms. The fourth-order valence-corrected chi connectivity index (χ4v) is 3.68. The Morgan fingerprint density at radius 3 is 2.71 bits per heavy atom. The van der Waals surface area contributed by atoms with Gasteiger partial charge >= 0.3 is 10.2 Å².